The van der Waals surface area contributed by atoms with Crippen LogP contribution < -0.4 is 10.5 Å². The molecule has 1 aromatic carbocycles. The number of alkyl halides is 2. The van der Waals surface area contributed by atoms with E-state index in [4.69, 9.17) is 16.3 Å². The summed E-state index contributed by atoms with van der Waals surface area (Å²) in [6.45, 7) is 2.79. The van der Waals surface area contributed by atoms with Crippen molar-refractivity contribution < 1.29 is 13.5 Å². The van der Waals surface area contributed by atoms with Crippen molar-refractivity contribution >= 4 is 28.3 Å². The van der Waals surface area contributed by atoms with Gasteiger partial charge in [-0.2, -0.15) is 0 Å². The number of halogens is 3. The number of H-pyrrole nitrogens is 1. The van der Waals surface area contributed by atoms with Gasteiger partial charge in [-0.05, 0) is 42.4 Å². The number of nitrogens with zero attached hydrogens (tertiary/aromatic N) is 4. The molecule has 0 bridgehead atoms. The van der Waals surface area contributed by atoms with E-state index >= 15 is 0 Å². The number of rotatable bonds is 8. The maximum Gasteiger partial charge on any atom is 0.251 e. The van der Waals surface area contributed by atoms with E-state index in [0.29, 0.717) is 18.2 Å². The summed E-state index contributed by atoms with van der Waals surface area (Å²) in [6, 6.07) is 12.2. The van der Waals surface area contributed by atoms with E-state index in [0.717, 1.165) is 46.5 Å². The van der Waals surface area contributed by atoms with Gasteiger partial charge in [0.15, 0.2) is 0 Å². The fraction of sp³-hybridized carbons (Fsp3) is 0.333. The van der Waals surface area contributed by atoms with Crippen LogP contribution in [0.3, 0.4) is 0 Å². The number of fused-ring (bicyclic) bond motifs is 1. The van der Waals surface area contributed by atoms with E-state index in [1.54, 1.807) is 42.1 Å². The van der Waals surface area contributed by atoms with Crippen LogP contribution in [0.25, 0.3) is 22.2 Å². The van der Waals surface area contributed by atoms with Crippen LogP contribution in [-0.2, 0) is 4.74 Å². The summed E-state index contributed by atoms with van der Waals surface area (Å²) in [5.41, 5.74) is 3.90. The molecule has 10 heteroatoms. The molecule has 0 spiro atoms. The summed E-state index contributed by atoms with van der Waals surface area (Å²) in [7, 11) is 1.62. The predicted molar refractivity (Wildman–Crippen MR) is 142 cm³/mol. The van der Waals surface area contributed by atoms with Crippen molar-refractivity contribution in [3.63, 3.8) is 0 Å². The predicted octanol–water partition coefficient (Wildman–Crippen LogP) is 4.67. The number of ether oxygens (including phenoxy) is 1. The van der Waals surface area contributed by atoms with Crippen molar-refractivity contribution in [3.8, 4) is 11.1 Å². The number of morpholine rings is 1. The molecule has 7 nitrogen and oxygen atoms in total. The third-order valence-corrected chi connectivity index (χ3v) is 6.89. The largest absolute Gasteiger partial charge is 0.378 e. The zero-order chi connectivity index (χ0) is 25.9. The lowest BCUT2D eigenvalue weighted by molar-refractivity contribution is 0.0959. The van der Waals surface area contributed by atoms with Crippen LogP contribution in [0.5, 0.6) is 0 Å². The Balaban J connectivity index is 1.50. The summed E-state index contributed by atoms with van der Waals surface area (Å²) in [6.07, 6.45) is 2.95. The van der Waals surface area contributed by atoms with Crippen LogP contribution in [0, 0.1) is 0 Å². The zero-order valence-corrected chi connectivity index (χ0v) is 21.2. The molecule has 4 heterocycles. The molecule has 1 saturated heterocycles. The maximum absolute atomic E-state index is 13.4. The molecule has 3 aromatic heterocycles. The highest BCUT2D eigenvalue weighted by Gasteiger charge is 2.21. The third-order valence-electron chi connectivity index (χ3n) is 6.66. The summed E-state index contributed by atoms with van der Waals surface area (Å²) >= 11 is 6.21. The summed E-state index contributed by atoms with van der Waals surface area (Å²) < 4.78 is 33.1. The van der Waals surface area contributed by atoms with Crippen LogP contribution in [0.4, 0.5) is 14.5 Å². The summed E-state index contributed by atoms with van der Waals surface area (Å²) in [4.78, 5) is 24.9. The Bertz CT molecular complexity index is 1430. The van der Waals surface area contributed by atoms with Crippen molar-refractivity contribution in [1.82, 2.24) is 19.4 Å². The Morgan fingerprint density at radius 3 is 2.70 bits per heavy atom. The SMILES string of the molecule is CN(CC(F)F)CC(c1cccc(Cl)c1)n1ccc(-c2c[nH]c3ncc(N4CCOCC4)cc23)cc1=O. The summed E-state index contributed by atoms with van der Waals surface area (Å²) in [5, 5.41) is 1.44. The van der Waals surface area contributed by atoms with Gasteiger partial charge in [0.25, 0.3) is 12.0 Å². The van der Waals surface area contributed by atoms with Gasteiger partial charge < -0.3 is 19.2 Å². The Morgan fingerprint density at radius 2 is 1.97 bits per heavy atom. The van der Waals surface area contributed by atoms with Crippen LogP contribution in [-0.4, -0.2) is 72.3 Å². The van der Waals surface area contributed by atoms with E-state index in [9.17, 15) is 13.6 Å². The number of anilines is 1. The van der Waals surface area contributed by atoms with Crippen LogP contribution in [0.2, 0.25) is 5.02 Å². The topological polar surface area (TPSA) is 66.4 Å². The third kappa shape index (κ3) is 5.69. The van der Waals surface area contributed by atoms with E-state index < -0.39 is 19.0 Å². The fourth-order valence-corrected chi connectivity index (χ4v) is 5.01. The molecule has 1 N–H and O–H groups in total. The van der Waals surface area contributed by atoms with E-state index in [2.05, 4.69) is 20.9 Å². The van der Waals surface area contributed by atoms with E-state index in [1.807, 2.05) is 24.5 Å². The fourth-order valence-electron chi connectivity index (χ4n) is 4.81. The Kier molecular flexibility index (Phi) is 7.55. The van der Waals surface area contributed by atoms with Crippen molar-refractivity contribution in [2.24, 2.45) is 0 Å². The van der Waals surface area contributed by atoms with Gasteiger partial charge in [-0.3, -0.25) is 9.69 Å². The second-order valence-corrected chi connectivity index (χ2v) is 9.67. The van der Waals surface area contributed by atoms with Gasteiger partial charge in [0, 0.05) is 54.1 Å². The van der Waals surface area contributed by atoms with E-state index in [-0.39, 0.29) is 12.1 Å². The average molecular weight is 528 g/mol. The number of aromatic amines is 1. The molecule has 0 radical (unpaired) electrons. The number of nitrogens with one attached hydrogen (secondary N) is 1. The quantitative estimate of drug-likeness (QED) is 0.361. The molecule has 0 saturated carbocycles. The Hall–Kier alpha value is -3.27. The summed E-state index contributed by atoms with van der Waals surface area (Å²) in [5.74, 6) is 0. The molecule has 1 aliphatic heterocycles. The minimum atomic E-state index is -2.47. The molecule has 0 amide bonds. The van der Waals surface area contributed by atoms with Gasteiger partial charge in [0.05, 0.1) is 37.7 Å². The van der Waals surface area contributed by atoms with Crippen LogP contribution in [0.1, 0.15) is 11.6 Å². The smallest absolute Gasteiger partial charge is 0.251 e. The van der Waals surface area contributed by atoms with E-state index in [1.165, 1.54) is 4.90 Å². The Labute approximate surface area is 218 Å². The molecule has 1 unspecified atom stereocenters. The van der Waals surface area contributed by atoms with Gasteiger partial charge >= 0.3 is 0 Å². The minimum absolute atomic E-state index is 0.226. The molecular weight excluding hydrogens is 500 g/mol. The number of likely N-dealkylation sites (N-methyl/N-ethyl adjacent to an activating group) is 1. The van der Waals surface area contributed by atoms with Crippen molar-refractivity contribution in [2.75, 3.05) is 51.3 Å². The maximum atomic E-state index is 13.4. The first-order chi connectivity index (χ1) is 17.9. The van der Waals surface area contributed by atoms with Gasteiger partial charge in [0.2, 0.25) is 0 Å². The number of aromatic nitrogens is 3. The first-order valence-corrected chi connectivity index (χ1v) is 12.5. The molecule has 0 aliphatic carbocycles. The second-order valence-electron chi connectivity index (χ2n) is 9.24. The normalized spacial score (nSPS) is 15.1. The molecule has 37 heavy (non-hydrogen) atoms. The lowest BCUT2D eigenvalue weighted by Gasteiger charge is -2.28. The number of hydrogen-bond acceptors (Lipinski definition) is 5. The van der Waals surface area contributed by atoms with Crippen molar-refractivity contribution in [2.45, 2.75) is 12.5 Å². The highest BCUT2D eigenvalue weighted by molar-refractivity contribution is 6.30. The second kappa shape index (κ2) is 11.0. The van der Waals surface area contributed by atoms with Crippen LogP contribution in [0.15, 0.2) is 65.8 Å². The number of pyridine rings is 2. The zero-order valence-electron chi connectivity index (χ0n) is 20.4. The van der Waals surface area contributed by atoms with Gasteiger partial charge in [-0.15, -0.1) is 0 Å². The standard InChI is InChI=1S/C27H28ClF2N5O2/c1-33(17-25(29)30)16-24(19-3-2-4-20(28)11-19)35-6-5-18(12-26(35)36)23-15-32-27-22(23)13-21(14-31-27)34-7-9-37-10-8-34/h2-6,11-15,24-25H,7-10,16-17H2,1H3,(H,31,32). The Morgan fingerprint density at radius 1 is 1.16 bits per heavy atom. The molecular formula is C27H28ClF2N5O2. The van der Waals surface area contributed by atoms with Crippen molar-refractivity contribution in [3.05, 3.63) is 82.0 Å². The molecule has 1 atom stereocenters. The highest BCUT2D eigenvalue weighted by Crippen LogP contribution is 2.31. The average Bonchev–Trinajstić information content (AvgIpc) is 3.31. The molecule has 1 aliphatic rings. The van der Waals surface area contributed by atoms with Crippen molar-refractivity contribution in [1.29, 1.82) is 0 Å². The first-order valence-electron chi connectivity index (χ1n) is 12.1. The van der Waals surface area contributed by atoms with Gasteiger partial charge in [-0.25, -0.2) is 13.8 Å². The lowest BCUT2D eigenvalue weighted by Crippen LogP contribution is -2.36. The number of benzene rings is 1. The highest BCUT2D eigenvalue weighted by atomic mass is 35.5. The molecule has 1 fully saturated rings. The molecule has 194 valence electrons. The minimum Gasteiger partial charge on any atom is -0.378 e. The van der Waals surface area contributed by atoms with Crippen LogP contribution >= 0.6 is 11.6 Å². The van der Waals surface area contributed by atoms with Gasteiger partial charge in [-0.1, -0.05) is 23.7 Å². The molecule has 4 aromatic rings. The monoisotopic (exact) mass is 527 g/mol. The first kappa shape index (κ1) is 25.4. The lowest BCUT2D eigenvalue weighted by atomic mass is 10.0. The van der Waals surface area contributed by atoms with Gasteiger partial charge in [0.1, 0.15) is 5.65 Å². The number of hydrogen-bond donors (Lipinski definition) is 1. The molecule has 5 rings (SSSR count).